The number of fused-ring (bicyclic) bond motifs is 1. The number of aliphatic hydroxyl groups excluding tert-OH is 1. The number of carbonyl (C=O) groups excluding carboxylic acids is 2. The van der Waals surface area contributed by atoms with Crippen LogP contribution >= 0.6 is 0 Å². The van der Waals surface area contributed by atoms with Crippen LogP contribution in [0, 0.1) is 5.92 Å². The summed E-state index contributed by atoms with van der Waals surface area (Å²) in [7, 11) is -2.39. The standard InChI is InChI=1S/C30H33F3N4O6S/c1-19-16-37(20(2)18-38)28(39)25-15-23(35-29(40)34-22-11-9-21(10-12-22)30(31,32)33)13-14-26(25)43-27(19)17-36(3)44(41,42)24-7-5-4-6-8-24/h4-15,19-20,27,38H,16-18H2,1-3H3,(H2,34,35,40)/t19-,20-,27+/m0/s1. The van der Waals surface area contributed by atoms with Gasteiger partial charge in [-0.2, -0.15) is 17.5 Å². The summed E-state index contributed by atoms with van der Waals surface area (Å²) in [5, 5.41) is 14.9. The molecule has 0 spiro atoms. The molecule has 0 unspecified atom stereocenters. The van der Waals surface area contributed by atoms with Gasteiger partial charge in [0, 0.05) is 30.9 Å². The first-order valence-corrected chi connectivity index (χ1v) is 15.1. The molecule has 0 fully saturated rings. The highest BCUT2D eigenvalue weighted by Gasteiger charge is 2.35. The van der Waals surface area contributed by atoms with Gasteiger partial charge in [0.25, 0.3) is 5.91 Å². The van der Waals surface area contributed by atoms with Crippen LogP contribution in [0.2, 0.25) is 0 Å². The number of halogens is 3. The van der Waals surface area contributed by atoms with Gasteiger partial charge in [0.05, 0.1) is 35.2 Å². The number of alkyl halides is 3. The molecule has 0 aromatic heterocycles. The van der Waals surface area contributed by atoms with Gasteiger partial charge in [-0.3, -0.25) is 4.79 Å². The Kier molecular flexibility index (Phi) is 9.86. The van der Waals surface area contributed by atoms with Crippen LogP contribution in [0.5, 0.6) is 5.75 Å². The van der Waals surface area contributed by atoms with E-state index in [0.29, 0.717) is 0 Å². The van der Waals surface area contributed by atoms with Crippen LogP contribution in [0.3, 0.4) is 0 Å². The molecule has 1 aliphatic rings. The Balaban J connectivity index is 1.58. The SMILES string of the molecule is C[C@H]1CN([C@@H](C)CO)C(=O)c2cc(NC(=O)Nc3ccc(C(F)(F)F)cc3)ccc2O[C@@H]1CN(C)S(=O)(=O)c1ccccc1. The molecule has 1 heterocycles. The number of urea groups is 1. The number of rotatable bonds is 8. The van der Waals surface area contributed by atoms with Gasteiger partial charge in [-0.05, 0) is 61.5 Å². The molecular formula is C30H33F3N4O6S. The summed E-state index contributed by atoms with van der Waals surface area (Å²) in [6.07, 6.45) is -5.21. The minimum Gasteiger partial charge on any atom is -0.488 e. The number of hydrogen-bond donors (Lipinski definition) is 3. The molecule has 44 heavy (non-hydrogen) atoms. The number of carbonyl (C=O) groups is 2. The van der Waals surface area contributed by atoms with Gasteiger partial charge in [-0.1, -0.05) is 25.1 Å². The zero-order valence-electron chi connectivity index (χ0n) is 24.2. The number of likely N-dealkylation sites (N-methyl/N-ethyl adjacent to an activating group) is 1. The van der Waals surface area contributed by atoms with Crippen LogP contribution in [0.4, 0.5) is 29.3 Å². The van der Waals surface area contributed by atoms with Crippen molar-refractivity contribution in [2.45, 2.75) is 37.1 Å². The lowest BCUT2D eigenvalue weighted by atomic mass is 9.99. The second kappa shape index (κ2) is 13.2. The highest BCUT2D eigenvalue weighted by molar-refractivity contribution is 7.89. The first-order chi connectivity index (χ1) is 20.7. The fourth-order valence-corrected chi connectivity index (χ4v) is 5.88. The van der Waals surface area contributed by atoms with Crippen molar-refractivity contribution in [2.75, 3.05) is 37.4 Å². The summed E-state index contributed by atoms with van der Waals surface area (Å²) < 4.78 is 72.3. The molecular weight excluding hydrogens is 601 g/mol. The number of hydrogen-bond acceptors (Lipinski definition) is 6. The molecule has 0 saturated carbocycles. The summed E-state index contributed by atoms with van der Waals surface area (Å²) >= 11 is 0. The van der Waals surface area contributed by atoms with Gasteiger partial charge in [0.2, 0.25) is 10.0 Å². The average Bonchev–Trinajstić information content (AvgIpc) is 2.99. The second-order valence-electron chi connectivity index (χ2n) is 10.6. The Hall–Kier alpha value is -4.14. The molecule has 10 nitrogen and oxygen atoms in total. The van der Waals surface area contributed by atoms with Gasteiger partial charge in [0.1, 0.15) is 11.9 Å². The summed E-state index contributed by atoms with van der Waals surface area (Å²) in [6, 6.07) is 14.9. The van der Waals surface area contributed by atoms with E-state index in [1.165, 1.54) is 46.6 Å². The van der Waals surface area contributed by atoms with E-state index in [9.17, 15) is 36.3 Å². The molecule has 3 aromatic carbocycles. The molecule has 0 bridgehead atoms. The van der Waals surface area contributed by atoms with Crippen molar-refractivity contribution < 1.29 is 41.0 Å². The maximum absolute atomic E-state index is 13.7. The molecule has 4 rings (SSSR count). The van der Waals surface area contributed by atoms with Crippen molar-refractivity contribution in [2.24, 2.45) is 5.92 Å². The summed E-state index contributed by atoms with van der Waals surface area (Å²) in [6.45, 7) is 3.28. The van der Waals surface area contributed by atoms with Crippen LogP contribution < -0.4 is 15.4 Å². The van der Waals surface area contributed by atoms with E-state index >= 15 is 0 Å². The number of ether oxygens (including phenoxy) is 1. The average molecular weight is 635 g/mol. The van der Waals surface area contributed by atoms with Crippen LogP contribution in [0.1, 0.15) is 29.8 Å². The van der Waals surface area contributed by atoms with Crippen LogP contribution in [-0.4, -0.2) is 73.6 Å². The van der Waals surface area contributed by atoms with Crippen LogP contribution in [0.15, 0.2) is 77.7 Å². The highest BCUT2D eigenvalue weighted by atomic mass is 32.2. The summed E-state index contributed by atoms with van der Waals surface area (Å²) in [4.78, 5) is 27.9. The highest BCUT2D eigenvalue weighted by Crippen LogP contribution is 2.32. The number of aliphatic hydroxyl groups is 1. The number of sulfonamides is 1. The van der Waals surface area contributed by atoms with Gasteiger partial charge in [-0.15, -0.1) is 0 Å². The zero-order chi connectivity index (χ0) is 32.2. The molecule has 0 saturated heterocycles. The number of benzene rings is 3. The Labute approximate surface area is 253 Å². The van der Waals surface area contributed by atoms with Gasteiger partial charge in [-0.25, -0.2) is 13.2 Å². The molecule has 3 atom stereocenters. The minimum absolute atomic E-state index is 0.0388. The predicted octanol–water partition coefficient (Wildman–Crippen LogP) is 4.89. The Morgan fingerprint density at radius 1 is 1.07 bits per heavy atom. The number of amides is 3. The summed E-state index contributed by atoms with van der Waals surface area (Å²) in [5.41, 5.74) is -0.476. The third-order valence-corrected chi connectivity index (χ3v) is 9.12. The van der Waals surface area contributed by atoms with Crippen LogP contribution in [0.25, 0.3) is 0 Å². The number of anilines is 2. The fourth-order valence-electron chi connectivity index (χ4n) is 4.68. The largest absolute Gasteiger partial charge is 0.488 e. The Bertz CT molecular complexity index is 1590. The van der Waals surface area contributed by atoms with E-state index < -0.39 is 45.8 Å². The number of nitrogens with zero attached hydrogens (tertiary/aromatic N) is 2. The van der Waals surface area contributed by atoms with E-state index in [4.69, 9.17) is 4.74 Å². The van der Waals surface area contributed by atoms with Gasteiger partial charge in [0.15, 0.2) is 0 Å². The molecule has 0 radical (unpaired) electrons. The zero-order valence-corrected chi connectivity index (χ0v) is 25.0. The maximum Gasteiger partial charge on any atom is 0.416 e. The first-order valence-electron chi connectivity index (χ1n) is 13.7. The lowest BCUT2D eigenvalue weighted by molar-refractivity contribution is -0.137. The fraction of sp³-hybridized carbons (Fsp3) is 0.333. The van der Waals surface area contributed by atoms with Crippen molar-refractivity contribution in [1.29, 1.82) is 0 Å². The van der Waals surface area contributed by atoms with E-state index in [0.717, 1.165) is 24.3 Å². The normalized spacial score (nSPS) is 18.1. The second-order valence-corrected chi connectivity index (χ2v) is 12.6. The van der Waals surface area contributed by atoms with Crippen molar-refractivity contribution >= 4 is 33.3 Å². The maximum atomic E-state index is 13.7. The van der Waals surface area contributed by atoms with Crippen LogP contribution in [-0.2, 0) is 16.2 Å². The van der Waals surface area contributed by atoms with E-state index in [-0.39, 0.29) is 53.2 Å². The van der Waals surface area contributed by atoms with E-state index in [1.54, 1.807) is 25.1 Å². The quantitative estimate of drug-likeness (QED) is 0.324. The predicted molar refractivity (Wildman–Crippen MR) is 158 cm³/mol. The van der Waals surface area contributed by atoms with Crippen molar-refractivity contribution in [1.82, 2.24) is 9.21 Å². The van der Waals surface area contributed by atoms with Crippen molar-refractivity contribution in [3.63, 3.8) is 0 Å². The van der Waals surface area contributed by atoms with E-state index in [1.807, 2.05) is 6.92 Å². The number of nitrogens with one attached hydrogen (secondary N) is 2. The molecule has 236 valence electrons. The topological polar surface area (TPSA) is 128 Å². The third-order valence-electron chi connectivity index (χ3n) is 7.28. The molecule has 3 aromatic rings. The molecule has 1 aliphatic heterocycles. The lowest BCUT2D eigenvalue weighted by Crippen LogP contribution is -2.50. The van der Waals surface area contributed by atoms with Gasteiger partial charge < -0.3 is 25.4 Å². The lowest BCUT2D eigenvalue weighted by Gasteiger charge is -2.38. The monoisotopic (exact) mass is 634 g/mol. The van der Waals surface area contributed by atoms with Crippen molar-refractivity contribution in [3.8, 4) is 5.75 Å². The molecule has 3 amide bonds. The Morgan fingerprint density at radius 2 is 1.68 bits per heavy atom. The smallest absolute Gasteiger partial charge is 0.416 e. The minimum atomic E-state index is -4.51. The van der Waals surface area contributed by atoms with Crippen molar-refractivity contribution in [3.05, 3.63) is 83.9 Å². The van der Waals surface area contributed by atoms with Gasteiger partial charge >= 0.3 is 12.2 Å². The molecule has 14 heteroatoms. The third kappa shape index (κ3) is 7.49. The molecule has 3 N–H and O–H groups in total. The molecule has 0 aliphatic carbocycles. The van der Waals surface area contributed by atoms with E-state index in [2.05, 4.69) is 10.6 Å². The summed E-state index contributed by atoms with van der Waals surface area (Å²) in [5.74, 6) is -0.661. The Morgan fingerprint density at radius 3 is 2.30 bits per heavy atom. The first kappa shape index (κ1) is 32.8.